The van der Waals surface area contributed by atoms with Gasteiger partial charge in [-0.3, -0.25) is 19.3 Å². The first-order valence-corrected chi connectivity index (χ1v) is 7.64. The highest BCUT2D eigenvalue weighted by Gasteiger charge is 2.35. The van der Waals surface area contributed by atoms with E-state index in [2.05, 4.69) is 5.32 Å². The molecule has 0 saturated carbocycles. The molecule has 0 radical (unpaired) electrons. The average molecular weight is 349 g/mol. The molecule has 1 aromatic rings. The summed E-state index contributed by atoms with van der Waals surface area (Å²) in [4.78, 5) is 48.6. The molecule has 0 atom stereocenters. The minimum atomic E-state index is -0.834. The van der Waals surface area contributed by atoms with Crippen molar-refractivity contribution in [1.82, 2.24) is 9.80 Å². The Morgan fingerprint density at radius 1 is 1.20 bits per heavy atom. The zero-order valence-electron chi connectivity index (χ0n) is 14.0. The predicted octanol–water partition coefficient (Wildman–Crippen LogP) is 0.461. The first-order chi connectivity index (χ1) is 11.9. The molecule has 9 heteroatoms. The van der Waals surface area contributed by atoms with E-state index in [0.29, 0.717) is 18.0 Å². The maximum atomic E-state index is 11.8. The molecule has 1 fully saturated rings. The van der Waals surface area contributed by atoms with Crippen LogP contribution in [-0.4, -0.2) is 67.0 Å². The van der Waals surface area contributed by atoms with Crippen molar-refractivity contribution in [1.29, 1.82) is 0 Å². The van der Waals surface area contributed by atoms with Crippen molar-refractivity contribution in [3.63, 3.8) is 0 Å². The molecule has 0 spiro atoms. The van der Waals surface area contributed by atoms with Crippen molar-refractivity contribution >= 4 is 29.5 Å². The summed E-state index contributed by atoms with van der Waals surface area (Å²) in [5, 5.41) is 2.56. The van der Waals surface area contributed by atoms with Crippen LogP contribution in [0, 0.1) is 0 Å². The molecule has 4 amide bonds. The first kappa shape index (κ1) is 18.2. The smallest absolute Gasteiger partial charge is 0.327 e. The number of anilines is 1. The van der Waals surface area contributed by atoms with Crippen LogP contribution >= 0.6 is 0 Å². The maximum absolute atomic E-state index is 11.8. The van der Waals surface area contributed by atoms with Gasteiger partial charge in [0, 0.05) is 12.7 Å². The summed E-state index contributed by atoms with van der Waals surface area (Å²) >= 11 is 0. The summed E-state index contributed by atoms with van der Waals surface area (Å²) in [7, 11) is 1.45. The zero-order chi connectivity index (χ0) is 18.4. The number of nitrogens with one attached hydrogen (secondary N) is 1. The Bertz CT molecular complexity index is 673. The van der Waals surface area contributed by atoms with Crippen LogP contribution in [0.2, 0.25) is 0 Å². The zero-order valence-corrected chi connectivity index (χ0v) is 14.0. The topological polar surface area (TPSA) is 105 Å². The Morgan fingerprint density at radius 3 is 2.44 bits per heavy atom. The Morgan fingerprint density at radius 2 is 1.88 bits per heavy atom. The number of imide groups is 1. The number of rotatable bonds is 7. The van der Waals surface area contributed by atoms with E-state index in [9.17, 15) is 19.2 Å². The summed E-state index contributed by atoms with van der Waals surface area (Å²) in [5.74, 6) is -1.17. The van der Waals surface area contributed by atoms with Crippen LogP contribution in [0.3, 0.4) is 0 Å². The lowest BCUT2D eigenvalue weighted by Gasteiger charge is -2.13. The van der Waals surface area contributed by atoms with E-state index in [4.69, 9.17) is 9.47 Å². The van der Waals surface area contributed by atoms with Gasteiger partial charge < -0.3 is 19.7 Å². The van der Waals surface area contributed by atoms with Crippen molar-refractivity contribution in [3.05, 3.63) is 24.3 Å². The van der Waals surface area contributed by atoms with E-state index in [1.54, 1.807) is 24.3 Å². The molecule has 134 valence electrons. The van der Waals surface area contributed by atoms with Crippen molar-refractivity contribution < 1.29 is 28.7 Å². The number of hydrogen-bond donors (Lipinski definition) is 1. The number of benzene rings is 1. The Labute approximate surface area is 144 Å². The quantitative estimate of drug-likeness (QED) is 0.566. The molecule has 25 heavy (non-hydrogen) atoms. The highest BCUT2D eigenvalue weighted by Crippen LogP contribution is 2.15. The first-order valence-electron chi connectivity index (χ1n) is 7.64. The molecule has 1 heterocycles. The van der Waals surface area contributed by atoms with Crippen LogP contribution in [0.15, 0.2) is 24.3 Å². The van der Waals surface area contributed by atoms with Crippen LogP contribution < -0.4 is 10.1 Å². The number of carbonyl (C=O) groups excluding carboxylic acids is 4. The largest absolute Gasteiger partial charge is 0.494 e. The summed E-state index contributed by atoms with van der Waals surface area (Å²) in [6.07, 6.45) is 0. The Balaban J connectivity index is 1.76. The summed E-state index contributed by atoms with van der Waals surface area (Å²) in [5.41, 5.74) is 0.524. The third-order valence-corrected chi connectivity index (χ3v) is 3.33. The van der Waals surface area contributed by atoms with Gasteiger partial charge in [0.2, 0.25) is 0 Å². The molecule has 1 N–H and O–H groups in total. The van der Waals surface area contributed by atoms with Gasteiger partial charge >= 0.3 is 12.0 Å². The fourth-order valence-corrected chi connectivity index (χ4v) is 2.14. The fourth-order valence-electron chi connectivity index (χ4n) is 2.14. The standard InChI is InChI=1S/C16H19N3O6/c1-3-24-12-6-4-11(5-7-12)17-13(20)10-25-15(22)9-19-14(21)8-18(2)16(19)23/h4-7H,3,8-10H2,1-2H3,(H,17,20). The maximum Gasteiger partial charge on any atom is 0.327 e. The van der Waals surface area contributed by atoms with Crippen LogP contribution in [0.4, 0.5) is 10.5 Å². The molecular formula is C16H19N3O6. The third kappa shape index (κ3) is 4.93. The molecule has 2 rings (SSSR count). The van der Waals surface area contributed by atoms with Gasteiger partial charge in [0.25, 0.3) is 11.8 Å². The van der Waals surface area contributed by atoms with Gasteiger partial charge in [0.15, 0.2) is 6.61 Å². The van der Waals surface area contributed by atoms with E-state index in [0.717, 1.165) is 4.90 Å². The number of esters is 1. The number of urea groups is 1. The minimum absolute atomic E-state index is 0.0790. The van der Waals surface area contributed by atoms with Crippen molar-refractivity contribution in [3.8, 4) is 5.75 Å². The Hall–Kier alpha value is -3.10. The summed E-state index contributed by atoms with van der Waals surface area (Å²) < 4.78 is 10.1. The van der Waals surface area contributed by atoms with Crippen molar-refractivity contribution in [2.75, 3.05) is 38.7 Å². The molecule has 1 aliphatic heterocycles. The summed E-state index contributed by atoms with van der Waals surface area (Å²) in [6, 6.07) is 6.14. The molecule has 1 aromatic carbocycles. The second-order valence-electron chi connectivity index (χ2n) is 5.28. The van der Waals surface area contributed by atoms with Crippen LogP contribution in [-0.2, 0) is 19.1 Å². The van der Waals surface area contributed by atoms with Crippen molar-refractivity contribution in [2.45, 2.75) is 6.92 Å². The van der Waals surface area contributed by atoms with Gasteiger partial charge in [0.1, 0.15) is 18.8 Å². The van der Waals surface area contributed by atoms with Gasteiger partial charge in [-0.15, -0.1) is 0 Å². The molecule has 0 aromatic heterocycles. The number of ether oxygens (including phenoxy) is 2. The fraction of sp³-hybridized carbons (Fsp3) is 0.375. The molecule has 0 aliphatic carbocycles. The number of likely N-dealkylation sites (N-methyl/N-ethyl adjacent to an activating group) is 1. The second-order valence-corrected chi connectivity index (χ2v) is 5.28. The predicted molar refractivity (Wildman–Crippen MR) is 86.9 cm³/mol. The SMILES string of the molecule is CCOc1ccc(NC(=O)COC(=O)CN2C(=O)CN(C)C2=O)cc1. The highest BCUT2D eigenvalue weighted by molar-refractivity contribution is 6.04. The summed E-state index contributed by atoms with van der Waals surface area (Å²) in [6.45, 7) is 1.30. The van der Waals surface area contributed by atoms with Gasteiger partial charge in [-0.25, -0.2) is 4.79 Å². The van der Waals surface area contributed by atoms with Gasteiger partial charge in [0.05, 0.1) is 6.61 Å². The molecule has 0 bridgehead atoms. The molecular weight excluding hydrogens is 330 g/mol. The third-order valence-electron chi connectivity index (χ3n) is 3.33. The van der Waals surface area contributed by atoms with E-state index in [1.807, 2.05) is 6.92 Å². The van der Waals surface area contributed by atoms with E-state index in [-0.39, 0.29) is 6.54 Å². The number of hydrogen-bond acceptors (Lipinski definition) is 6. The monoisotopic (exact) mass is 349 g/mol. The van der Waals surface area contributed by atoms with Crippen LogP contribution in [0.25, 0.3) is 0 Å². The normalized spacial score (nSPS) is 13.8. The minimum Gasteiger partial charge on any atom is -0.494 e. The molecule has 0 unspecified atom stereocenters. The number of carbonyl (C=O) groups is 4. The van der Waals surface area contributed by atoms with E-state index >= 15 is 0 Å². The average Bonchev–Trinajstić information content (AvgIpc) is 2.81. The molecule has 1 saturated heterocycles. The second kappa shape index (κ2) is 8.13. The lowest BCUT2D eigenvalue weighted by molar-refractivity contribution is -0.149. The van der Waals surface area contributed by atoms with E-state index in [1.165, 1.54) is 11.9 Å². The highest BCUT2D eigenvalue weighted by atomic mass is 16.5. The molecule has 9 nitrogen and oxygen atoms in total. The van der Waals surface area contributed by atoms with Crippen LogP contribution in [0.5, 0.6) is 5.75 Å². The van der Waals surface area contributed by atoms with Gasteiger partial charge in [-0.2, -0.15) is 0 Å². The lowest BCUT2D eigenvalue weighted by atomic mass is 10.3. The molecule has 1 aliphatic rings. The Kier molecular flexibility index (Phi) is 5.93. The van der Waals surface area contributed by atoms with E-state index < -0.39 is 37.0 Å². The lowest BCUT2D eigenvalue weighted by Crippen LogP contribution is -2.37. The number of nitrogens with zero attached hydrogens (tertiary/aromatic N) is 2. The number of amides is 4. The van der Waals surface area contributed by atoms with Crippen molar-refractivity contribution in [2.24, 2.45) is 0 Å². The van der Waals surface area contributed by atoms with Gasteiger partial charge in [-0.05, 0) is 31.2 Å². The van der Waals surface area contributed by atoms with Crippen LogP contribution in [0.1, 0.15) is 6.92 Å². The van der Waals surface area contributed by atoms with Gasteiger partial charge in [-0.1, -0.05) is 0 Å².